The van der Waals surface area contributed by atoms with E-state index in [-0.39, 0.29) is 23.1 Å². The fraction of sp³-hybridized carbons (Fsp3) is 0.368. The van der Waals surface area contributed by atoms with Gasteiger partial charge in [0.1, 0.15) is 5.56 Å². The van der Waals surface area contributed by atoms with Gasteiger partial charge in [-0.2, -0.15) is 0 Å². The predicted octanol–water partition coefficient (Wildman–Crippen LogP) is 3.98. The zero-order valence-electron chi connectivity index (χ0n) is 13.6. The van der Waals surface area contributed by atoms with Crippen LogP contribution >= 0.6 is 23.2 Å². The van der Waals surface area contributed by atoms with Crippen molar-refractivity contribution < 1.29 is 4.79 Å². The van der Waals surface area contributed by atoms with E-state index in [1.807, 2.05) is 6.07 Å². The second-order valence-corrected chi connectivity index (χ2v) is 7.50. The summed E-state index contributed by atoms with van der Waals surface area (Å²) in [6.07, 6.45) is 5.48. The van der Waals surface area contributed by atoms with Gasteiger partial charge in [0, 0.05) is 5.69 Å². The Bertz CT molecular complexity index is 920. The Kier molecular flexibility index (Phi) is 4.34. The number of H-pyrrole nitrogens is 1. The van der Waals surface area contributed by atoms with E-state index in [1.54, 1.807) is 12.1 Å². The number of aromatic amines is 1. The lowest BCUT2D eigenvalue weighted by Crippen LogP contribution is -2.33. The van der Waals surface area contributed by atoms with Crippen molar-refractivity contribution in [1.82, 2.24) is 10.3 Å². The fourth-order valence-electron chi connectivity index (χ4n) is 3.86. The monoisotopic (exact) mass is 376 g/mol. The lowest BCUT2D eigenvalue weighted by Gasteiger charge is -2.18. The van der Waals surface area contributed by atoms with E-state index in [4.69, 9.17) is 23.2 Å². The minimum atomic E-state index is -0.335. The quantitative estimate of drug-likeness (QED) is 0.832. The first-order chi connectivity index (χ1) is 12.0. The summed E-state index contributed by atoms with van der Waals surface area (Å²) in [4.78, 5) is 27.9. The van der Waals surface area contributed by atoms with Gasteiger partial charge in [-0.1, -0.05) is 29.3 Å². The molecule has 1 heterocycles. The maximum Gasteiger partial charge on any atom is 0.261 e. The molecule has 2 aromatic rings. The molecular weight excluding hydrogens is 359 g/mol. The van der Waals surface area contributed by atoms with E-state index in [2.05, 4.69) is 10.3 Å². The molecule has 4 nitrogen and oxygen atoms in total. The summed E-state index contributed by atoms with van der Waals surface area (Å²) in [5.74, 6) is -0.335. The number of hydrogen-bond acceptors (Lipinski definition) is 2. The highest BCUT2D eigenvalue weighted by Gasteiger charge is 2.28. The summed E-state index contributed by atoms with van der Waals surface area (Å²) >= 11 is 12.3. The van der Waals surface area contributed by atoms with Crippen molar-refractivity contribution >= 4 is 29.1 Å². The first-order valence-corrected chi connectivity index (χ1v) is 9.33. The third-order valence-electron chi connectivity index (χ3n) is 5.18. The number of aromatic nitrogens is 1. The van der Waals surface area contributed by atoms with Crippen LogP contribution in [-0.2, 0) is 19.3 Å². The average Bonchev–Trinajstić information content (AvgIpc) is 3.01. The number of halogens is 2. The van der Waals surface area contributed by atoms with Gasteiger partial charge < -0.3 is 10.3 Å². The van der Waals surface area contributed by atoms with Crippen molar-refractivity contribution in [3.63, 3.8) is 0 Å². The van der Waals surface area contributed by atoms with Gasteiger partial charge in [0.15, 0.2) is 0 Å². The normalized spacial score (nSPS) is 18.6. The zero-order chi connectivity index (χ0) is 17.6. The molecule has 0 saturated carbocycles. The van der Waals surface area contributed by atoms with E-state index in [0.717, 1.165) is 60.9 Å². The minimum absolute atomic E-state index is 0.146. The maximum absolute atomic E-state index is 12.7. The van der Waals surface area contributed by atoms with Crippen molar-refractivity contribution in [2.75, 3.05) is 0 Å². The van der Waals surface area contributed by atoms with Crippen LogP contribution in [0, 0.1) is 0 Å². The molecule has 2 N–H and O–H groups in total. The van der Waals surface area contributed by atoms with Crippen LogP contribution in [0.4, 0.5) is 0 Å². The molecule has 2 aliphatic rings. The number of aryl methyl sites for hydroxylation is 2. The number of benzene rings is 1. The van der Waals surface area contributed by atoms with Crippen LogP contribution < -0.4 is 10.9 Å². The Hall–Kier alpha value is -1.78. The van der Waals surface area contributed by atoms with Gasteiger partial charge in [-0.25, -0.2) is 0 Å². The molecule has 6 heteroatoms. The topological polar surface area (TPSA) is 62.0 Å². The number of pyridine rings is 1. The summed E-state index contributed by atoms with van der Waals surface area (Å²) < 4.78 is 0. The largest absolute Gasteiger partial charge is 0.345 e. The number of nitrogens with one attached hydrogen (secondary N) is 2. The summed E-state index contributed by atoms with van der Waals surface area (Å²) in [6.45, 7) is 0. The van der Waals surface area contributed by atoms with Crippen LogP contribution in [0.25, 0.3) is 0 Å². The zero-order valence-corrected chi connectivity index (χ0v) is 15.1. The van der Waals surface area contributed by atoms with Gasteiger partial charge in [0.05, 0.1) is 16.1 Å². The van der Waals surface area contributed by atoms with E-state index in [9.17, 15) is 9.59 Å². The molecule has 1 atom stereocenters. The van der Waals surface area contributed by atoms with Crippen LogP contribution in [0.2, 0.25) is 10.0 Å². The molecule has 0 aliphatic heterocycles. The highest BCUT2D eigenvalue weighted by atomic mass is 35.5. The Balaban J connectivity index is 1.60. The van der Waals surface area contributed by atoms with Crippen molar-refractivity contribution in [2.45, 2.75) is 44.6 Å². The number of carbonyl (C=O) groups is 1. The number of fused-ring (bicyclic) bond motifs is 2. The van der Waals surface area contributed by atoms with E-state index in [0.29, 0.717) is 10.0 Å². The van der Waals surface area contributed by atoms with E-state index < -0.39 is 0 Å². The predicted molar refractivity (Wildman–Crippen MR) is 98.7 cm³/mol. The van der Waals surface area contributed by atoms with Crippen LogP contribution in [0.1, 0.15) is 58.0 Å². The molecule has 0 radical (unpaired) electrons. The third kappa shape index (κ3) is 2.98. The smallest absolute Gasteiger partial charge is 0.261 e. The van der Waals surface area contributed by atoms with E-state index in [1.165, 1.54) is 0 Å². The van der Waals surface area contributed by atoms with Crippen LogP contribution in [0.15, 0.2) is 23.0 Å². The molecule has 4 rings (SSSR count). The Morgan fingerprint density at radius 1 is 1.16 bits per heavy atom. The fourth-order valence-corrected chi connectivity index (χ4v) is 4.31. The summed E-state index contributed by atoms with van der Waals surface area (Å²) in [7, 11) is 0. The van der Waals surface area contributed by atoms with Gasteiger partial charge in [-0.3, -0.25) is 9.59 Å². The second-order valence-electron chi connectivity index (χ2n) is 6.72. The van der Waals surface area contributed by atoms with Crippen molar-refractivity contribution in [2.24, 2.45) is 0 Å². The van der Waals surface area contributed by atoms with Crippen molar-refractivity contribution in [1.29, 1.82) is 0 Å². The standard InChI is InChI=1S/C19H18Cl2N2O2/c20-14-7-5-11-12(17(14)21)6-8-16(11)23-19(25)13-9-10-3-1-2-4-15(10)22-18(13)24/h5,7,9,16H,1-4,6,8H2,(H,22,24)(H,23,25). The molecule has 1 unspecified atom stereocenters. The molecule has 0 fully saturated rings. The van der Waals surface area contributed by atoms with Gasteiger partial charge in [0.25, 0.3) is 11.5 Å². The van der Waals surface area contributed by atoms with Crippen LogP contribution in [-0.4, -0.2) is 10.9 Å². The van der Waals surface area contributed by atoms with Gasteiger partial charge in [-0.15, -0.1) is 0 Å². The molecule has 1 amide bonds. The maximum atomic E-state index is 12.7. The molecule has 1 aromatic heterocycles. The molecule has 0 bridgehead atoms. The Morgan fingerprint density at radius 2 is 1.96 bits per heavy atom. The molecule has 130 valence electrons. The van der Waals surface area contributed by atoms with Crippen LogP contribution in [0.5, 0.6) is 0 Å². The van der Waals surface area contributed by atoms with Gasteiger partial charge in [0.2, 0.25) is 0 Å². The molecular formula is C19H18Cl2N2O2. The third-order valence-corrected chi connectivity index (χ3v) is 6.02. The summed E-state index contributed by atoms with van der Waals surface area (Å²) in [5, 5.41) is 4.07. The van der Waals surface area contributed by atoms with Crippen molar-refractivity contribution in [3.8, 4) is 0 Å². The number of hydrogen-bond donors (Lipinski definition) is 2. The molecule has 0 saturated heterocycles. The summed E-state index contributed by atoms with van der Waals surface area (Å²) in [5.41, 5.74) is 3.90. The summed E-state index contributed by atoms with van der Waals surface area (Å²) in [6, 6.07) is 5.26. The SMILES string of the molecule is O=C(NC1CCc2c1ccc(Cl)c2Cl)c1cc2c([nH]c1=O)CCCC2. The number of carbonyl (C=O) groups excluding carboxylic acids is 1. The number of rotatable bonds is 2. The van der Waals surface area contributed by atoms with Gasteiger partial charge >= 0.3 is 0 Å². The molecule has 2 aliphatic carbocycles. The lowest BCUT2D eigenvalue weighted by atomic mass is 9.95. The molecule has 0 spiro atoms. The molecule has 1 aromatic carbocycles. The van der Waals surface area contributed by atoms with Gasteiger partial charge in [-0.05, 0) is 67.3 Å². The van der Waals surface area contributed by atoms with Crippen molar-refractivity contribution in [3.05, 3.63) is 66.5 Å². The first kappa shape index (κ1) is 16.7. The lowest BCUT2D eigenvalue weighted by molar-refractivity contribution is 0.0935. The average molecular weight is 377 g/mol. The highest BCUT2D eigenvalue weighted by Crippen LogP contribution is 2.39. The van der Waals surface area contributed by atoms with E-state index >= 15 is 0 Å². The first-order valence-electron chi connectivity index (χ1n) is 8.57. The molecule has 25 heavy (non-hydrogen) atoms. The number of amides is 1. The Labute approximate surface area is 155 Å². The van der Waals surface area contributed by atoms with Crippen LogP contribution in [0.3, 0.4) is 0 Å². The Morgan fingerprint density at radius 3 is 2.80 bits per heavy atom. The highest BCUT2D eigenvalue weighted by molar-refractivity contribution is 6.42. The second kappa shape index (κ2) is 6.50. The minimum Gasteiger partial charge on any atom is -0.345 e.